The highest BCUT2D eigenvalue weighted by Gasteiger charge is 2.13. The molecule has 0 bridgehead atoms. The third kappa shape index (κ3) is 3.74. The van der Waals surface area contributed by atoms with Crippen LogP contribution in [0, 0.1) is 0 Å². The Hall–Kier alpha value is -3.60. The van der Waals surface area contributed by atoms with Gasteiger partial charge in [-0.05, 0) is 59.2 Å². The number of ether oxygens (including phenoxy) is 1. The Labute approximate surface area is 162 Å². The minimum absolute atomic E-state index is 0.229. The zero-order valence-corrected chi connectivity index (χ0v) is 15.5. The maximum atomic E-state index is 12.4. The van der Waals surface area contributed by atoms with Crippen LogP contribution in [0.25, 0.3) is 21.7 Å². The van der Waals surface area contributed by atoms with Gasteiger partial charge < -0.3 is 9.15 Å². The maximum Gasteiger partial charge on any atom is 0.307 e. The third-order valence-electron chi connectivity index (χ3n) is 4.38. The summed E-state index contributed by atoms with van der Waals surface area (Å²) in [4.78, 5) is 12.4. The molecule has 0 aliphatic carbocycles. The monoisotopic (exact) mass is 372 g/mol. The van der Waals surface area contributed by atoms with E-state index >= 15 is 0 Å². The molecule has 0 spiro atoms. The van der Waals surface area contributed by atoms with E-state index in [0.717, 1.165) is 33.9 Å². The number of amides is 1. The van der Waals surface area contributed by atoms with E-state index in [9.17, 15) is 4.79 Å². The minimum atomic E-state index is -0.389. The van der Waals surface area contributed by atoms with Crippen LogP contribution in [0.2, 0.25) is 0 Å². The average molecular weight is 372 g/mol. The van der Waals surface area contributed by atoms with E-state index in [2.05, 4.69) is 17.5 Å². The Kier molecular flexibility index (Phi) is 5.06. The molecule has 5 nitrogen and oxygen atoms in total. The fourth-order valence-corrected chi connectivity index (χ4v) is 2.99. The summed E-state index contributed by atoms with van der Waals surface area (Å²) in [5.74, 6) is 0.656. The standard InChI is InChI=1S/C23H20N2O3/c1-2-13-27-18-10-7-16(8-11-18)15-24-25-23(26)22-14-20-19-6-4-3-5-17(19)9-12-21(20)28-22/h3-12,14-15H,2,13H2,1H3,(H,25,26)/b24-15-. The van der Waals surface area contributed by atoms with Crippen LogP contribution in [0.1, 0.15) is 29.5 Å². The highest BCUT2D eigenvalue weighted by Crippen LogP contribution is 2.28. The van der Waals surface area contributed by atoms with Crippen LogP contribution in [-0.2, 0) is 0 Å². The van der Waals surface area contributed by atoms with E-state index in [1.165, 1.54) is 0 Å². The topological polar surface area (TPSA) is 63.8 Å². The molecule has 140 valence electrons. The Morgan fingerprint density at radius 2 is 1.89 bits per heavy atom. The molecule has 4 rings (SSSR count). The van der Waals surface area contributed by atoms with Gasteiger partial charge in [0.05, 0.1) is 12.8 Å². The van der Waals surface area contributed by atoms with Gasteiger partial charge in [0.2, 0.25) is 0 Å². The van der Waals surface area contributed by atoms with Gasteiger partial charge in [0.1, 0.15) is 11.3 Å². The lowest BCUT2D eigenvalue weighted by Gasteiger charge is -2.03. The van der Waals surface area contributed by atoms with Crippen LogP contribution in [0.4, 0.5) is 0 Å². The molecule has 28 heavy (non-hydrogen) atoms. The van der Waals surface area contributed by atoms with Crippen LogP contribution >= 0.6 is 0 Å². The van der Waals surface area contributed by atoms with Crippen molar-refractivity contribution in [3.63, 3.8) is 0 Å². The zero-order valence-electron chi connectivity index (χ0n) is 15.5. The first-order valence-corrected chi connectivity index (χ1v) is 9.22. The predicted octanol–water partition coefficient (Wildman–Crippen LogP) is 5.14. The van der Waals surface area contributed by atoms with Crippen molar-refractivity contribution in [1.29, 1.82) is 0 Å². The minimum Gasteiger partial charge on any atom is -0.494 e. The second-order valence-electron chi connectivity index (χ2n) is 6.43. The van der Waals surface area contributed by atoms with E-state index < -0.39 is 0 Å². The number of carbonyl (C=O) groups excluding carboxylic acids is 1. The molecule has 0 aliphatic heterocycles. The smallest absolute Gasteiger partial charge is 0.307 e. The Balaban J connectivity index is 1.46. The number of hydrazone groups is 1. The van der Waals surface area contributed by atoms with E-state index in [-0.39, 0.29) is 11.7 Å². The molecule has 0 atom stereocenters. The van der Waals surface area contributed by atoms with Crippen molar-refractivity contribution in [1.82, 2.24) is 5.43 Å². The molecule has 4 aromatic rings. The molecular formula is C23H20N2O3. The summed E-state index contributed by atoms with van der Waals surface area (Å²) in [6.07, 6.45) is 2.55. The average Bonchev–Trinajstić information content (AvgIpc) is 3.18. The van der Waals surface area contributed by atoms with Gasteiger partial charge in [0.15, 0.2) is 5.76 Å². The lowest BCUT2D eigenvalue weighted by Crippen LogP contribution is -2.16. The first-order chi connectivity index (χ1) is 13.7. The molecule has 3 aromatic carbocycles. The molecule has 1 amide bonds. The summed E-state index contributed by atoms with van der Waals surface area (Å²) in [6.45, 7) is 2.75. The van der Waals surface area contributed by atoms with Gasteiger partial charge in [0, 0.05) is 5.39 Å². The van der Waals surface area contributed by atoms with Crippen molar-refractivity contribution in [2.24, 2.45) is 5.10 Å². The van der Waals surface area contributed by atoms with Gasteiger partial charge in [-0.3, -0.25) is 4.79 Å². The fraction of sp³-hybridized carbons (Fsp3) is 0.130. The maximum absolute atomic E-state index is 12.4. The molecular weight excluding hydrogens is 352 g/mol. The van der Waals surface area contributed by atoms with Crippen LogP contribution < -0.4 is 10.2 Å². The number of hydrogen-bond acceptors (Lipinski definition) is 4. The molecule has 1 aromatic heterocycles. The van der Waals surface area contributed by atoms with Crippen molar-refractivity contribution < 1.29 is 13.9 Å². The highest BCUT2D eigenvalue weighted by atomic mass is 16.5. The molecule has 0 saturated heterocycles. The number of hydrogen-bond donors (Lipinski definition) is 1. The SMILES string of the molecule is CCCOc1ccc(/C=N\NC(=O)c2cc3c(ccc4ccccc43)o2)cc1. The van der Waals surface area contributed by atoms with Crippen molar-refractivity contribution in [3.05, 3.63) is 78.1 Å². The van der Waals surface area contributed by atoms with E-state index in [4.69, 9.17) is 9.15 Å². The van der Waals surface area contributed by atoms with E-state index in [0.29, 0.717) is 12.2 Å². The van der Waals surface area contributed by atoms with Gasteiger partial charge in [-0.15, -0.1) is 0 Å². The number of nitrogens with zero attached hydrogens (tertiary/aromatic N) is 1. The van der Waals surface area contributed by atoms with Crippen molar-refractivity contribution in [3.8, 4) is 5.75 Å². The van der Waals surface area contributed by atoms with Crippen molar-refractivity contribution in [2.75, 3.05) is 6.61 Å². The summed E-state index contributed by atoms with van der Waals surface area (Å²) in [5, 5.41) is 7.09. The van der Waals surface area contributed by atoms with Gasteiger partial charge in [0.25, 0.3) is 0 Å². The van der Waals surface area contributed by atoms with Gasteiger partial charge in [-0.2, -0.15) is 5.10 Å². The Morgan fingerprint density at radius 1 is 1.07 bits per heavy atom. The summed E-state index contributed by atoms with van der Waals surface area (Å²) >= 11 is 0. The Bertz CT molecular complexity index is 1140. The zero-order chi connectivity index (χ0) is 19.3. The van der Waals surface area contributed by atoms with Crippen LogP contribution in [0.3, 0.4) is 0 Å². The first-order valence-electron chi connectivity index (χ1n) is 9.22. The van der Waals surface area contributed by atoms with E-state index in [1.807, 2.05) is 60.7 Å². The van der Waals surface area contributed by atoms with Crippen LogP contribution in [0.15, 0.2) is 76.2 Å². The predicted molar refractivity (Wildman–Crippen MR) is 111 cm³/mol. The largest absolute Gasteiger partial charge is 0.494 e. The number of nitrogens with one attached hydrogen (secondary N) is 1. The number of benzene rings is 3. The summed E-state index contributed by atoms with van der Waals surface area (Å²) in [6, 6.07) is 21.1. The lowest BCUT2D eigenvalue weighted by atomic mass is 10.1. The second kappa shape index (κ2) is 7.96. The quantitative estimate of drug-likeness (QED) is 0.376. The fourth-order valence-electron chi connectivity index (χ4n) is 2.99. The molecule has 5 heteroatoms. The van der Waals surface area contributed by atoms with Crippen molar-refractivity contribution >= 4 is 33.9 Å². The normalized spacial score (nSPS) is 11.3. The molecule has 1 heterocycles. The summed E-state index contributed by atoms with van der Waals surface area (Å²) in [5.41, 5.74) is 4.05. The number of fused-ring (bicyclic) bond motifs is 3. The summed E-state index contributed by atoms with van der Waals surface area (Å²) in [7, 11) is 0. The number of rotatable bonds is 6. The lowest BCUT2D eigenvalue weighted by molar-refractivity contribution is 0.0929. The van der Waals surface area contributed by atoms with Crippen LogP contribution in [0.5, 0.6) is 5.75 Å². The Morgan fingerprint density at radius 3 is 2.71 bits per heavy atom. The molecule has 0 aliphatic rings. The third-order valence-corrected chi connectivity index (χ3v) is 4.38. The number of furan rings is 1. The van der Waals surface area contributed by atoms with Gasteiger partial charge in [-0.25, -0.2) is 5.43 Å². The molecule has 0 radical (unpaired) electrons. The van der Waals surface area contributed by atoms with Gasteiger partial charge >= 0.3 is 5.91 Å². The van der Waals surface area contributed by atoms with Crippen molar-refractivity contribution in [2.45, 2.75) is 13.3 Å². The second-order valence-corrected chi connectivity index (χ2v) is 6.43. The highest BCUT2D eigenvalue weighted by molar-refractivity contribution is 6.08. The molecule has 0 unspecified atom stereocenters. The van der Waals surface area contributed by atoms with Crippen LogP contribution in [-0.4, -0.2) is 18.7 Å². The molecule has 0 fully saturated rings. The van der Waals surface area contributed by atoms with Gasteiger partial charge in [-0.1, -0.05) is 37.3 Å². The molecule has 1 N–H and O–H groups in total. The summed E-state index contributed by atoms with van der Waals surface area (Å²) < 4.78 is 11.2. The number of carbonyl (C=O) groups is 1. The molecule has 0 saturated carbocycles. The first kappa shape index (κ1) is 17.8. The van der Waals surface area contributed by atoms with E-state index in [1.54, 1.807) is 12.3 Å².